The molecule has 0 atom stereocenters. The third kappa shape index (κ3) is 2.66. The third-order valence-electron chi connectivity index (χ3n) is 3.24. The Morgan fingerprint density at radius 1 is 1.05 bits per heavy atom. The van der Waals surface area contributed by atoms with Gasteiger partial charge in [0, 0.05) is 10.9 Å². The first kappa shape index (κ1) is 14.1. The molecule has 0 radical (unpaired) electrons. The Morgan fingerprint density at radius 2 is 1.90 bits per heavy atom. The van der Waals surface area contributed by atoms with Gasteiger partial charge in [0.1, 0.15) is 16.5 Å². The molecule has 0 fully saturated rings. The Hall–Kier alpha value is -1.85. The summed E-state index contributed by atoms with van der Waals surface area (Å²) in [7, 11) is 3.33. The summed E-state index contributed by atoms with van der Waals surface area (Å²) < 4.78 is 10.7. The van der Waals surface area contributed by atoms with Crippen molar-refractivity contribution in [3.05, 3.63) is 40.6 Å². The van der Waals surface area contributed by atoms with Crippen LogP contribution >= 0.6 is 22.7 Å². The van der Waals surface area contributed by atoms with Crippen molar-refractivity contribution < 1.29 is 9.47 Å². The van der Waals surface area contributed by atoms with E-state index in [1.807, 2.05) is 18.2 Å². The van der Waals surface area contributed by atoms with E-state index in [1.54, 1.807) is 36.9 Å². The maximum atomic E-state index is 5.43. The normalized spacial score (nSPS) is 10.6. The first-order valence-corrected chi connectivity index (χ1v) is 8.21. The first-order chi connectivity index (χ1) is 10.2. The molecule has 0 amide bonds. The van der Waals surface area contributed by atoms with Gasteiger partial charge in [0.25, 0.3) is 0 Å². The van der Waals surface area contributed by atoms with Gasteiger partial charge in [-0.2, -0.15) is 0 Å². The highest BCUT2D eigenvalue weighted by Gasteiger charge is 2.14. The molecular weight excluding hydrogens is 302 g/mol. The minimum absolute atomic E-state index is 0.799. The molecule has 0 aliphatic rings. The fourth-order valence-corrected chi connectivity index (χ4v) is 4.03. The number of hydrogen-bond donors (Lipinski definition) is 0. The minimum atomic E-state index is 0.799. The molecule has 0 spiro atoms. The van der Waals surface area contributed by atoms with Gasteiger partial charge in [0.15, 0.2) is 0 Å². The summed E-state index contributed by atoms with van der Waals surface area (Å²) in [5, 5.41) is 5.20. The van der Waals surface area contributed by atoms with E-state index in [1.165, 1.54) is 10.4 Å². The van der Waals surface area contributed by atoms with Crippen LogP contribution in [0.3, 0.4) is 0 Å². The summed E-state index contributed by atoms with van der Waals surface area (Å²) in [6.07, 6.45) is 0. The molecule has 2 heterocycles. The molecule has 0 saturated carbocycles. The van der Waals surface area contributed by atoms with Crippen LogP contribution in [0, 0.1) is 6.92 Å². The van der Waals surface area contributed by atoms with Gasteiger partial charge in [0.05, 0.1) is 24.8 Å². The predicted octanol–water partition coefficient (Wildman–Crippen LogP) is 4.86. The van der Waals surface area contributed by atoms with Crippen molar-refractivity contribution >= 4 is 22.7 Å². The van der Waals surface area contributed by atoms with Crippen LogP contribution in [-0.4, -0.2) is 19.2 Å². The Labute approximate surface area is 131 Å². The van der Waals surface area contributed by atoms with E-state index >= 15 is 0 Å². The third-order valence-corrected chi connectivity index (χ3v) is 5.26. The zero-order valence-electron chi connectivity index (χ0n) is 12.0. The minimum Gasteiger partial charge on any atom is -0.497 e. The second kappa shape index (κ2) is 5.87. The summed E-state index contributed by atoms with van der Waals surface area (Å²) in [6, 6.07) is 7.87. The number of rotatable bonds is 4. The number of nitrogens with zero attached hydrogens (tertiary/aromatic N) is 1. The molecule has 0 saturated heterocycles. The summed E-state index contributed by atoms with van der Waals surface area (Å²) in [6.45, 7) is 2.11. The quantitative estimate of drug-likeness (QED) is 0.688. The smallest absolute Gasteiger partial charge is 0.134 e. The maximum Gasteiger partial charge on any atom is 0.134 e. The van der Waals surface area contributed by atoms with Crippen LogP contribution in [-0.2, 0) is 0 Å². The van der Waals surface area contributed by atoms with Gasteiger partial charge in [-0.1, -0.05) is 0 Å². The highest BCUT2D eigenvalue weighted by Crippen LogP contribution is 2.38. The molecular formula is C16H15NO2S2. The second-order valence-electron chi connectivity index (χ2n) is 4.54. The van der Waals surface area contributed by atoms with Crippen LogP contribution in [0.4, 0.5) is 0 Å². The number of thiophene rings is 1. The van der Waals surface area contributed by atoms with Crippen molar-refractivity contribution in [1.82, 2.24) is 4.98 Å². The molecule has 3 aromatic rings. The van der Waals surface area contributed by atoms with E-state index in [9.17, 15) is 0 Å². The number of benzene rings is 1. The molecule has 21 heavy (non-hydrogen) atoms. The molecule has 5 heteroatoms. The van der Waals surface area contributed by atoms with Crippen molar-refractivity contribution in [3.8, 4) is 32.6 Å². The molecule has 3 nitrogen and oxygen atoms in total. The largest absolute Gasteiger partial charge is 0.497 e. The van der Waals surface area contributed by atoms with E-state index in [0.29, 0.717) is 0 Å². The molecule has 2 aromatic heterocycles. The van der Waals surface area contributed by atoms with Gasteiger partial charge >= 0.3 is 0 Å². The zero-order chi connectivity index (χ0) is 14.8. The van der Waals surface area contributed by atoms with Crippen LogP contribution in [0.15, 0.2) is 35.0 Å². The van der Waals surface area contributed by atoms with Gasteiger partial charge in [-0.25, -0.2) is 4.98 Å². The fraction of sp³-hybridized carbons (Fsp3) is 0.188. The van der Waals surface area contributed by atoms with Gasteiger partial charge in [-0.3, -0.25) is 0 Å². The zero-order valence-corrected chi connectivity index (χ0v) is 13.7. The number of thiazole rings is 1. The Morgan fingerprint density at radius 3 is 2.57 bits per heavy atom. The van der Waals surface area contributed by atoms with Crippen molar-refractivity contribution in [2.24, 2.45) is 0 Å². The molecule has 0 bridgehead atoms. The van der Waals surface area contributed by atoms with Crippen LogP contribution in [0.5, 0.6) is 11.5 Å². The van der Waals surface area contributed by atoms with Crippen molar-refractivity contribution in [2.45, 2.75) is 6.92 Å². The lowest BCUT2D eigenvalue weighted by Gasteiger charge is -2.08. The Kier molecular flexibility index (Phi) is 3.94. The molecule has 108 valence electrons. The van der Waals surface area contributed by atoms with Gasteiger partial charge < -0.3 is 9.47 Å². The monoisotopic (exact) mass is 317 g/mol. The molecule has 0 unspecified atom stereocenters. The fourth-order valence-electron chi connectivity index (χ4n) is 2.11. The van der Waals surface area contributed by atoms with E-state index in [2.05, 4.69) is 23.8 Å². The SMILES string of the molecule is COc1ccc(OC)c(-c2csc(-c3sccc3C)n2)c1. The van der Waals surface area contributed by atoms with E-state index in [0.717, 1.165) is 27.8 Å². The molecule has 0 N–H and O–H groups in total. The van der Waals surface area contributed by atoms with Crippen LogP contribution in [0.2, 0.25) is 0 Å². The molecule has 0 aliphatic carbocycles. The van der Waals surface area contributed by atoms with Crippen LogP contribution < -0.4 is 9.47 Å². The van der Waals surface area contributed by atoms with Gasteiger partial charge in [-0.15, -0.1) is 22.7 Å². The number of methoxy groups -OCH3 is 2. The Bertz CT molecular complexity index is 761. The highest BCUT2D eigenvalue weighted by molar-refractivity contribution is 7.20. The van der Waals surface area contributed by atoms with Gasteiger partial charge in [-0.05, 0) is 42.1 Å². The van der Waals surface area contributed by atoms with Crippen molar-refractivity contribution in [1.29, 1.82) is 0 Å². The highest BCUT2D eigenvalue weighted by atomic mass is 32.1. The standard InChI is InChI=1S/C16H15NO2S2/c1-10-6-7-20-15(10)16-17-13(9-21-16)12-8-11(18-2)4-5-14(12)19-3/h4-9H,1-3H3. The topological polar surface area (TPSA) is 31.4 Å². The van der Waals surface area contributed by atoms with E-state index in [4.69, 9.17) is 14.5 Å². The van der Waals surface area contributed by atoms with E-state index < -0.39 is 0 Å². The number of aromatic nitrogens is 1. The second-order valence-corrected chi connectivity index (χ2v) is 6.31. The van der Waals surface area contributed by atoms with Crippen LogP contribution in [0.25, 0.3) is 21.1 Å². The molecule has 1 aromatic carbocycles. The molecule has 3 rings (SSSR count). The summed E-state index contributed by atoms with van der Waals surface area (Å²) in [4.78, 5) is 5.99. The predicted molar refractivity (Wildman–Crippen MR) is 88.7 cm³/mol. The van der Waals surface area contributed by atoms with Crippen molar-refractivity contribution in [3.63, 3.8) is 0 Å². The molecule has 0 aliphatic heterocycles. The van der Waals surface area contributed by atoms with Crippen LogP contribution in [0.1, 0.15) is 5.56 Å². The number of hydrogen-bond acceptors (Lipinski definition) is 5. The van der Waals surface area contributed by atoms with Crippen molar-refractivity contribution in [2.75, 3.05) is 14.2 Å². The average molecular weight is 317 g/mol. The first-order valence-electron chi connectivity index (χ1n) is 6.45. The van der Waals surface area contributed by atoms with Gasteiger partial charge in [0.2, 0.25) is 0 Å². The lowest BCUT2D eigenvalue weighted by molar-refractivity contribution is 0.404. The summed E-state index contributed by atoms with van der Waals surface area (Å²) >= 11 is 3.37. The lowest BCUT2D eigenvalue weighted by Crippen LogP contribution is -1.90. The number of ether oxygens (including phenoxy) is 2. The summed E-state index contributed by atoms with van der Waals surface area (Å²) in [5.41, 5.74) is 3.13. The summed E-state index contributed by atoms with van der Waals surface area (Å²) in [5.74, 6) is 1.60. The lowest BCUT2D eigenvalue weighted by atomic mass is 10.1. The Balaban J connectivity index is 2.05. The average Bonchev–Trinajstić information content (AvgIpc) is 3.15. The number of aryl methyl sites for hydroxylation is 1. The maximum absolute atomic E-state index is 5.43. The van der Waals surface area contributed by atoms with E-state index in [-0.39, 0.29) is 0 Å².